The van der Waals surface area contributed by atoms with Crippen molar-refractivity contribution in [3.8, 4) is 11.4 Å². The number of carbonyl (C=O) groups excluding carboxylic acids is 2. The molecular weight excluding hydrogens is 411 g/mol. The van der Waals surface area contributed by atoms with Gasteiger partial charge >= 0.3 is 0 Å². The maximum absolute atomic E-state index is 13.0. The summed E-state index contributed by atoms with van der Waals surface area (Å²) in [5, 5.41) is 3.90. The van der Waals surface area contributed by atoms with Crippen LogP contribution in [0.25, 0.3) is 11.4 Å². The van der Waals surface area contributed by atoms with Crippen LogP contribution >= 0.6 is 0 Å². The summed E-state index contributed by atoms with van der Waals surface area (Å²) in [7, 11) is 0. The number of amides is 2. The first-order chi connectivity index (χ1) is 15.5. The van der Waals surface area contributed by atoms with Gasteiger partial charge in [0.05, 0.1) is 0 Å². The number of rotatable bonds is 7. The highest BCUT2D eigenvalue weighted by atomic mass is 19.1. The molecule has 4 aliphatic carbocycles. The van der Waals surface area contributed by atoms with Crippen LogP contribution < -0.4 is 10.9 Å². The van der Waals surface area contributed by atoms with E-state index in [9.17, 15) is 14.0 Å². The average Bonchev–Trinajstić information content (AvgIpc) is 3.20. The Balaban J connectivity index is 1.03. The maximum Gasteiger partial charge on any atom is 0.238 e. The number of hydrogen-bond donors (Lipinski definition) is 2. The van der Waals surface area contributed by atoms with Crippen molar-refractivity contribution < 1.29 is 18.5 Å². The molecule has 4 saturated carbocycles. The summed E-state index contributed by atoms with van der Waals surface area (Å²) in [6, 6.07) is 5.85. The summed E-state index contributed by atoms with van der Waals surface area (Å²) in [6.07, 6.45) is 9.29. The van der Waals surface area contributed by atoms with Crippen LogP contribution in [-0.2, 0) is 16.0 Å². The molecule has 7 nitrogen and oxygen atoms in total. The summed E-state index contributed by atoms with van der Waals surface area (Å²) >= 11 is 0. The van der Waals surface area contributed by atoms with E-state index in [1.807, 2.05) is 0 Å². The minimum absolute atomic E-state index is 0.0823. The van der Waals surface area contributed by atoms with Crippen LogP contribution in [0.15, 0.2) is 28.8 Å². The predicted octanol–water partition coefficient (Wildman–Crippen LogP) is 3.95. The number of halogens is 1. The summed E-state index contributed by atoms with van der Waals surface area (Å²) in [5.74, 6) is 2.58. The lowest BCUT2D eigenvalue weighted by Crippen LogP contribution is -2.50. The van der Waals surface area contributed by atoms with Crippen LogP contribution in [0.2, 0.25) is 0 Å². The van der Waals surface area contributed by atoms with Crippen LogP contribution in [0.4, 0.5) is 4.39 Å². The van der Waals surface area contributed by atoms with Gasteiger partial charge < -0.3 is 4.52 Å². The molecule has 0 saturated heterocycles. The minimum atomic E-state index is -0.325. The van der Waals surface area contributed by atoms with Gasteiger partial charge in [0.25, 0.3) is 0 Å². The van der Waals surface area contributed by atoms with Gasteiger partial charge in [-0.3, -0.25) is 20.4 Å². The number of nitrogens with one attached hydrogen (secondary N) is 2. The van der Waals surface area contributed by atoms with E-state index in [1.54, 1.807) is 12.1 Å². The molecule has 1 aromatic carbocycles. The zero-order chi connectivity index (χ0) is 22.1. The molecule has 6 rings (SSSR count). The van der Waals surface area contributed by atoms with Crippen molar-refractivity contribution in [2.24, 2.45) is 23.2 Å². The molecule has 1 heterocycles. The summed E-state index contributed by atoms with van der Waals surface area (Å²) in [4.78, 5) is 28.9. The minimum Gasteiger partial charge on any atom is -0.339 e. The van der Waals surface area contributed by atoms with Gasteiger partial charge in [-0.1, -0.05) is 5.16 Å². The fourth-order valence-electron chi connectivity index (χ4n) is 6.57. The van der Waals surface area contributed by atoms with Crippen molar-refractivity contribution >= 4 is 11.8 Å². The van der Waals surface area contributed by atoms with Gasteiger partial charge in [0, 0.05) is 24.8 Å². The highest BCUT2D eigenvalue weighted by molar-refractivity contribution is 5.82. The molecule has 4 bridgehead atoms. The van der Waals surface area contributed by atoms with E-state index in [0.29, 0.717) is 36.5 Å². The third-order valence-electron chi connectivity index (χ3n) is 7.41. The van der Waals surface area contributed by atoms with E-state index in [-0.39, 0.29) is 29.5 Å². The Morgan fingerprint density at radius 3 is 2.28 bits per heavy atom. The molecule has 0 unspecified atom stereocenters. The molecule has 4 fully saturated rings. The van der Waals surface area contributed by atoms with Crippen LogP contribution in [-0.4, -0.2) is 22.0 Å². The standard InChI is InChI=1S/C24H29FN4O3/c25-19-6-4-18(5-7-19)23-26-22(32-29-23)3-1-2-20(30)27-28-21(31)14-24-11-15-8-16(12-24)10-17(9-15)13-24/h4-7,15-17H,1-3,8-14H2,(H,27,30)(H,28,31). The lowest BCUT2D eigenvalue weighted by molar-refractivity contribution is -0.134. The summed E-state index contributed by atoms with van der Waals surface area (Å²) in [6.45, 7) is 0. The molecule has 4 aliphatic rings. The SMILES string of the molecule is O=C(CCCc1nc(-c2ccc(F)cc2)no1)NNC(=O)CC12CC3CC(CC(C3)C1)C2. The number of aromatic nitrogens is 2. The molecular formula is C24H29FN4O3. The molecule has 2 N–H and O–H groups in total. The Labute approximate surface area is 186 Å². The average molecular weight is 441 g/mol. The highest BCUT2D eigenvalue weighted by Gasteiger charge is 2.51. The zero-order valence-electron chi connectivity index (χ0n) is 18.1. The van der Waals surface area contributed by atoms with Crippen LogP contribution in [0, 0.1) is 29.0 Å². The number of nitrogens with zero attached hydrogens (tertiary/aromatic N) is 2. The second kappa shape index (κ2) is 8.64. The van der Waals surface area contributed by atoms with E-state index >= 15 is 0 Å². The van der Waals surface area contributed by atoms with Crippen molar-refractivity contribution in [3.63, 3.8) is 0 Å². The van der Waals surface area contributed by atoms with Gasteiger partial charge in [0.2, 0.25) is 23.5 Å². The number of hydrazine groups is 1. The number of benzene rings is 1. The predicted molar refractivity (Wildman–Crippen MR) is 114 cm³/mol. The molecule has 0 radical (unpaired) electrons. The van der Waals surface area contributed by atoms with E-state index in [0.717, 1.165) is 17.8 Å². The van der Waals surface area contributed by atoms with Crippen molar-refractivity contribution in [1.29, 1.82) is 0 Å². The molecule has 8 heteroatoms. The quantitative estimate of drug-likeness (QED) is 0.636. The molecule has 0 aliphatic heterocycles. The summed E-state index contributed by atoms with van der Waals surface area (Å²) < 4.78 is 18.2. The van der Waals surface area contributed by atoms with E-state index in [2.05, 4.69) is 21.0 Å². The molecule has 0 atom stereocenters. The maximum atomic E-state index is 13.0. The zero-order valence-corrected chi connectivity index (χ0v) is 18.1. The van der Waals surface area contributed by atoms with Gasteiger partial charge in [0.1, 0.15) is 5.82 Å². The van der Waals surface area contributed by atoms with E-state index in [4.69, 9.17) is 4.52 Å². The molecule has 32 heavy (non-hydrogen) atoms. The van der Waals surface area contributed by atoms with Gasteiger partial charge in [-0.2, -0.15) is 4.98 Å². The Hall–Kier alpha value is -2.77. The molecule has 1 aromatic heterocycles. The third kappa shape index (κ3) is 4.69. The van der Waals surface area contributed by atoms with Crippen molar-refractivity contribution in [2.45, 2.75) is 64.2 Å². The van der Waals surface area contributed by atoms with Gasteiger partial charge in [-0.25, -0.2) is 4.39 Å². The van der Waals surface area contributed by atoms with Crippen LogP contribution in [0.5, 0.6) is 0 Å². The smallest absolute Gasteiger partial charge is 0.238 e. The molecule has 2 aromatic rings. The van der Waals surface area contributed by atoms with Crippen molar-refractivity contribution in [3.05, 3.63) is 36.0 Å². The number of hydrogen-bond acceptors (Lipinski definition) is 5. The monoisotopic (exact) mass is 440 g/mol. The number of aryl methyl sites for hydroxylation is 1. The third-order valence-corrected chi connectivity index (χ3v) is 7.41. The van der Waals surface area contributed by atoms with Crippen LogP contribution in [0.3, 0.4) is 0 Å². The fourth-order valence-corrected chi connectivity index (χ4v) is 6.57. The Kier molecular flexibility index (Phi) is 5.69. The Bertz CT molecular complexity index is 952. The first-order valence-electron chi connectivity index (χ1n) is 11.6. The summed E-state index contributed by atoms with van der Waals surface area (Å²) in [5.41, 5.74) is 5.99. The van der Waals surface area contributed by atoms with Gasteiger partial charge in [-0.15, -0.1) is 0 Å². The lowest BCUT2D eigenvalue weighted by Gasteiger charge is -2.56. The molecule has 170 valence electrons. The second-order valence-corrected chi connectivity index (χ2v) is 10.1. The topological polar surface area (TPSA) is 97.1 Å². The lowest BCUT2D eigenvalue weighted by atomic mass is 9.49. The van der Waals surface area contributed by atoms with Gasteiger partial charge in [-0.05, 0) is 92.4 Å². The van der Waals surface area contributed by atoms with Crippen molar-refractivity contribution in [2.75, 3.05) is 0 Å². The second-order valence-electron chi connectivity index (χ2n) is 10.1. The molecule has 2 amide bonds. The normalized spacial score (nSPS) is 28.0. The van der Waals surface area contributed by atoms with Gasteiger partial charge in [0.15, 0.2) is 0 Å². The highest BCUT2D eigenvalue weighted by Crippen LogP contribution is 2.61. The fraction of sp³-hybridized carbons (Fsp3) is 0.583. The molecule has 0 spiro atoms. The van der Waals surface area contributed by atoms with Crippen molar-refractivity contribution in [1.82, 2.24) is 21.0 Å². The van der Waals surface area contributed by atoms with E-state index in [1.165, 1.54) is 50.7 Å². The first-order valence-corrected chi connectivity index (χ1v) is 11.6. The Morgan fingerprint density at radius 1 is 1.00 bits per heavy atom. The first kappa shape index (κ1) is 21.1. The number of carbonyl (C=O) groups is 2. The largest absolute Gasteiger partial charge is 0.339 e. The Morgan fingerprint density at radius 2 is 1.62 bits per heavy atom. The van der Waals surface area contributed by atoms with E-state index < -0.39 is 0 Å². The van der Waals surface area contributed by atoms with Crippen LogP contribution in [0.1, 0.15) is 63.7 Å².